The molecule has 0 aliphatic carbocycles. The van der Waals surface area contributed by atoms with Gasteiger partial charge in [-0.1, -0.05) is 0 Å². The van der Waals surface area contributed by atoms with Crippen LogP contribution in [-0.2, 0) is 0 Å². The summed E-state index contributed by atoms with van der Waals surface area (Å²) in [4.78, 5) is 4.44. The molecule has 5 heteroatoms. The second-order valence-electron chi connectivity index (χ2n) is 3.76. The molecule has 84 valence electrons. The van der Waals surface area contributed by atoms with Gasteiger partial charge in [0.05, 0.1) is 12.7 Å². The smallest absolute Gasteiger partial charge is 0.0789 e. The molecule has 1 unspecified atom stereocenters. The number of hydrogen-bond donors (Lipinski definition) is 3. The van der Waals surface area contributed by atoms with E-state index >= 15 is 0 Å². The maximum Gasteiger partial charge on any atom is 0.0789 e. The fourth-order valence-corrected chi connectivity index (χ4v) is 1.71. The molecule has 1 rings (SSSR count). The number of nitrogens with zero attached hydrogens (tertiary/aromatic N) is 2. The lowest BCUT2D eigenvalue weighted by Gasteiger charge is -2.35. The Morgan fingerprint density at radius 2 is 1.71 bits per heavy atom. The first kappa shape index (κ1) is 11.9. The molecule has 0 bridgehead atoms. The molecule has 1 atom stereocenters. The van der Waals surface area contributed by atoms with Crippen LogP contribution in [0.25, 0.3) is 0 Å². The summed E-state index contributed by atoms with van der Waals surface area (Å²) in [6, 6.07) is 0. The summed E-state index contributed by atoms with van der Waals surface area (Å²) in [5.41, 5.74) is 5.34. The minimum absolute atomic E-state index is 0.228. The summed E-state index contributed by atoms with van der Waals surface area (Å²) >= 11 is 0. The minimum atomic E-state index is -0.403. The average molecular weight is 203 g/mol. The van der Waals surface area contributed by atoms with Gasteiger partial charge in [0.25, 0.3) is 0 Å². The van der Waals surface area contributed by atoms with Gasteiger partial charge in [0.2, 0.25) is 0 Å². The molecule has 5 nitrogen and oxygen atoms in total. The SMILES string of the molecule is NCC(O)CN1CCN(CCO)CC1. The van der Waals surface area contributed by atoms with Crippen LogP contribution in [0.1, 0.15) is 0 Å². The number of hydrogen-bond acceptors (Lipinski definition) is 5. The Balaban J connectivity index is 2.15. The lowest BCUT2D eigenvalue weighted by atomic mass is 10.2. The molecule has 1 heterocycles. The second-order valence-corrected chi connectivity index (χ2v) is 3.76. The number of piperazine rings is 1. The molecule has 0 aromatic rings. The lowest BCUT2D eigenvalue weighted by molar-refractivity contribution is 0.0696. The summed E-state index contributed by atoms with van der Waals surface area (Å²) in [6.07, 6.45) is -0.403. The van der Waals surface area contributed by atoms with E-state index in [1.165, 1.54) is 0 Å². The van der Waals surface area contributed by atoms with Gasteiger partial charge in [0.15, 0.2) is 0 Å². The van der Waals surface area contributed by atoms with Crippen molar-refractivity contribution >= 4 is 0 Å². The van der Waals surface area contributed by atoms with Crippen LogP contribution in [0.4, 0.5) is 0 Å². The molecule has 0 saturated carbocycles. The van der Waals surface area contributed by atoms with Gasteiger partial charge in [-0.3, -0.25) is 9.80 Å². The van der Waals surface area contributed by atoms with Crippen molar-refractivity contribution in [2.24, 2.45) is 5.73 Å². The zero-order valence-corrected chi connectivity index (χ0v) is 8.60. The Kier molecular flexibility index (Phi) is 5.36. The first-order valence-electron chi connectivity index (χ1n) is 5.20. The first-order valence-corrected chi connectivity index (χ1v) is 5.20. The Morgan fingerprint density at radius 3 is 2.21 bits per heavy atom. The fourth-order valence-electron chi connectivity index (χ4n) is 1.71. The third kappa shape index (κ3) is 3.89. The van der Waals surface area contributed by atoms with Crippen LogP contribution in [0.5, 0.6) is 0 Å². The standard InChI is InChI=1S/C9H21N3O2/c10-7-9(14)8-12-3-1-11(2-4-12)5-6-13/h9,13-14H,1-8,10H2. The molecule has 0 amide bonds. The van der Waals surface area contributed by atoms with Crippen molar-refractivity contribution in [1.82, 2.24) is 9.80 Å². The van der Waals surface area contributed by atoms with E-state index in [0.29, 0.717) is 13.1 Å². The molecular weight excluding hydrogens is 182 g/mol. The molecule has 1 fully saturated rings. The van der Waals surface area contributed by atoms with Gasteiger partial charge in [0, 0.05) is 45.8 Å². The van der Waals surface area contributed by atoms with Gasteiger partial charge in [-0.2, -0.15) is 0 Å². The van der Waals surface area contributed by atoms with E-state index in [-0.39, 0.29) is 6.61 Å². The van der Waals surface area contributed by atoms with Crippen LogP contribution in [0.2, 0.25) is 0 Å². The summed E-state index contributed by atoms with van der Waals surface area (Å²) in [6.45, 7) is 5.84. The molecule has 14 heavy (non-hydrogen) atoms. The zero-order chi connectivity index (χ0) is 10.4. The van der Waals surface area contributed by atoms with Crippen LogP contribution in [0.15, 0.2) is 0 Å². The predicted molar refractivity (Wildman–Crippen MR) is 55.0 cm³/mol. The van der Waals surface area contributed by atoms with Gasteiger partial charge >= 0.3 is 0 Å². The number of nitrogens with two attached hydrogens (primary N) is 1. The van der Waals surface area contributed by atoms with E-state index in [9.17, 15) is 5.11 Å². The third-order valence-electron chi connectivity index (χ3n) is 2.62. The molecule has 1 aliphatic heterocycles. The number of β-amino-alcohol motifs (C(OH)–C–C–N with tert-alkyl or cyclic N) is 2. The molecule has 1 saturated heterocycles. The monoisotopic (exact) mass is 203 g/mol. The molecule has 0 aromatic carbocycles. The summed E-state index contributed by atoms with van der Waals surface area (Å²) in [5.74, 6) is 0. The second kappa shape index (κ2) is 6.31. The highest BCUT2D eigenvalue weighted by molar-refractivity contribution is 4.74. The van der Waals surface area contributed by atoms with Gasteiger partial charge in [-0.15, -0.1) is 0 Å². The Labute approximate surface area is 85.1 Å². The van der Waals surface area contributed by atoms with Crippen LogP contribution < -0.4 is 5.73 Å². The van der Waals surface area contributed by atoms with E-state index in [1.807, 2.05) is 0 Å². The summed E-state index contributed by atoms with van der Waals surface area (Å²) in [5, 5.41) is 18.1. The van der Waals surface area contributed by atoms with Gasteiger partial charge in [0.1, 0.15) is 0 Å². The number of aliphatic hydroxyl groups excluding tert-OH is 2. The molecule has 1 aliphatic rings. The van der Waals surface area contributed by atoms with Crippen LogP contribution in [0.3, 0.4) is 0 Å². The van der Waals surface area contributed by atoms with Crippen molar-refractivity contribution in [2.75, 3.05) is 52.4 Å². The number of aliphatic hydroxyl groups is 2. The third-order valence-corrected chi connectivity index (χ3v) is 2.62. The van der Waals surface area contributed by atoms with E-state index < -0.39 is 6.10 Å². The lowest BCUT2D eigenvalue weighted by Crippen LogP contribution is -2.49. The highest BCUT2D eigenvalue weighted by Crippen LogP contribution is 2.01. The first-order chi connectivity index (χ1) is 6.76. The predicted octanol–water partition coefficient (Wildman–Crippen LogP) is -2.08. The highest BCUT2D eigenvalue weighted by atomic mass is 16.3. The van der Waals surface area contributed by atoms with E-state index in [2.05, 4.69) is 9.80 Å². The molecule has 0 radical (unpaired) electrons. The normalized spacial score (nSPS) is 22.5. The maximum absolute atomic E-state index is 9.36. The van der Waals surface area contributed by atoms with Crippen LogP contribution in [-0.4, -0.2) is 78.5 Å². The summed E-state index contributed by atoms with van der Waals surface area (Å²) in [7, 11) is 0. The van der Waals surface area contributed by atoms with E-state index in [1.54, 1.807) is 0 Å². The van der Waals surface area contributed by atoms with Gasteiger partial charge < -0.3 is 15.9 Å². The highest BCUT2D eigenvalue weighted by Gasteiger charge is 2.17. The Hall–Kier alpha value is -0.200. The average Bonchev–Trinajstić information content (AvgIpc) is 2.21. The molecule has 0 aromatic heterocycles. The zero-order valence-electron chi connectivity index (χ0n) is 8.60. The quantitative estimate of drug-likeness (QED) is 0.478. The largest absolute Gasteiger partial charge is 0.395 e. The number of rotatable bonds is 5. The van der Waals surface area contributed by atoms with Crippen molar-refractivity contribution in [1.29, 1.82) is 0 Å². The maximum atomic E-state index is 9.36. The molecular formula is C9H21N3O2. The molecule has 0 spiro atoms. The van der Waals surface area contributed by atoms with Crippen LogP contribution in [0, 0.1) is 0 Å². The van der Waals surface area contributed by atoms with Crippen molar-refractivity contribution in [3.63, 3.8) is 0 Å². The van der Waals surface area contributed by atoms with Crippen molar-refractivity contribution in [3.8, 4) is 0 Å². The minimum Gasteiger partial charge on any atom is -0.395 e. The van der Waals surface area contributed by atoms with Gasteiger partial charge in [-0.25, -0.2) is 0 Å². The molecule has 4 N–H and O–H groups in total. The topological polar surface area (TPSA) is 73.0 Å². The fraction of sp³-hybridized carbons (Fsp3) is 1.00. The van der Waals surface area contributed by atoms with Crippen molar-refractivity contribution < 1.29 is 10.2 Å². The van der Waals surface area contributed by atoms with Crippen LogP contribution >= 0.6 is 0 Å². The Bertz CT molecular complexity index is 149. The Morgan fingerprint density at radius 1 is 1.14 bits per heavy atom. The van der Waals surface area contributed by atoms with Crippen molar-refractivity contribution in [3.05, 3.63) is 0 Å². The van der Waals surface area contributed by atoms with Gasteiger partial charge in [-0.05, 0) is 0 Å². The summed E-state index contributed by atoms with van der Waals surface area (Å²) < 4.78 is 0. The van der Waals surface area contributed by atoms with Crippen molar-refractivity contribution in [2.45, 2.75) is 6.10 Å². The van der Waals surface area contributed by atoms with E-state index in [0.717, 1.165) is 32.7 Å². The van der Waals surface area contributed by atoms with E-state index in [4.69, 9.17) is 10.8 Å².